The number of hydrogen-bond acceptors (Lipinski definition) is 4. The summed E-state index contributed by atoms with van der Waals surface area (Å²) in [5.74, 6) is 4.97. The third-order valence-corrected chi connectivity index (χ3v) is 4.21. The number of hydrogen-bond donors (Lipinski definition) is 3. The molecule has 1 aliphatic carbocycles. The molecule has 0 aromatic heterocycles. The summed E-state index contributed by atoms with van der Waals surface area (Å²) in [6, 6.07) is 9.99. The molecule has 2 rings (SSSR count). The highest BCUT2D eigenvalue weighted by Crippen LogP contribution is 2.41. The van der Waals surface area contributed by atoms with E-state index in [1.165, 1.54) is 0 Å². The zero-order chi connectivity index (χ0) is 14.4. The van der Waals surface area contributed by atoms with Gasteiger partial charge in [-0.2, -0.15) is 0 Å². The Morgan fingerprint density at radius 1 is 1.35 bits per heavy atom. The van der Waals surface area contributed by atoms with Crippen LogP contribution in [-0.2, 0) is 10.2 Å². The summed E-state index contributed by atoms with van der Waals surface area (Å²) >= 11 is 0. The van der Waals surface area contributed by atoms with Crippen molar-refractivity contribution < 1.29 is 10.0 Å². The number of carbonyl (C=O) groups excluding carboxylic acids is 1. The first-order valence-corrected chi connectivity index (χ1v) is 6.99. The third kappa shape index (κ3) is 2.82. The minimum Gasteiger partial charge on any atom is -0.411 e. The number of carbonyl (C=O) groups is 1. The monoisotopic (exact) mass is 275 g/mol. The summed E-state index contributed by atoms with van der Waals surface area (Å²) in [6.45, 7) is 0. The zero-order valence-electron chi connectivity index (χ0n) is 11.5. The molecule has 108 valence electrons. The molecule has 1 fully saturated rings. The fourth-order valence-corrected chi connectivity index (χ4v) is 3.13. The van der Waals surface area contributed by atoms with Crippen LogP contribution in [0, 0.1) is 0 Å². The average molecular weight is 275 g/mol. The minimum absolute atomic E-state index is 0.192. The second-order valence-electron chi connectivity index (χ2n) is 5.27. The number of amides is 1. The number of benzene rings is 1. The molecule has 5 nitrogen and oxygen atoms in total. The van der Waals surface area contributed by atoms with Crippen LogP contribution in [0.15, 0.2) is 35.5 Å². The predicted molar refractivity (Wildman–Crippen MR) is 77.4 cm³/mol. The maximum Gasteiger partial charge on any atom is 0.233 e. The van der Waals surface area contributed by atoms with Crippen LogP contribution in [0.5, 0.6) is 0 Å². The number of nitrogens with zero attached hydrogens (tertiary/aromatic N) is 1. The molecule has 0 bridgehead atoms. The van der Waals surface area contributed by atoms with Crippen molar-refractivity contribution in [2.75, 3.05) is 0 Å². The van der Waals surface area contributed by atoms with Crippen molar-refractivity contribution in [3.63, 3.8) is 0 Å². The molecular weight excluding hydrogens is 254 g/mol. The van der Waals surface area contributed by atoms with Crippen LogP contribution in [0.3, 0.4) is 0 Å². The van der Waals surface area contributed by atoms with E-state index in [2.05, 4.69) is 10.6 Å². The maximum absolute atomic E-state index is 11.5. The van der Waals surface area contributed by atoms with E-state index in [0.717, 1.165) is 37.0 Å². The first-order chi connectivity index (χ1) is 9.73. The molecule has 0 radical (unpaired) electrons. The van der Waals surface area contributed by atoms with Crippen LogP contribution in [-0.4, -0.2) is 16.8 Å². The SMILES string of the molecule is NNC(=O)CC[C@@]1(c2ccccc2)CCCC/C1=N/O. The van der Waals surface area contributed by atoms with Gasteiger partial charge in [-0.15, -0.1) is 0 Å². The summed E-state index contributed by atoms with van der Waals surface area (Å²) in [7, 11) is 0. The predicted octanol–water partition coefficient (Wildman–Crippen LogP) is 2.10. The maximum atomic E-state index is 11.5. The van der Waals surface area contributed by atoms with E-state index in [9.17, 15) is 10.0 Å². The van der Waals surface area contributed by atoms with Gasteiger partial charge in [0, 0.05) is 11.8 Å². The summed E-state index contributed by atoms with van der Waals surface area (Å²) in [6.07, 6.45) is 4.70. The Balaban J connectivity index is 2.34. The lowest BCUT2D eigenvalue weighted by molar-refractivity contribution is -0.121. The summed E-state index contributed by atoms with van der Waals surface area (Å²) in [4.78, 5) is 11.5. The van der Waals surface area contributed by atoms with E-state index in [-0.39, 0.29) is 11.3 Å². The van der Waals surface area contributed by atoms with Gasteiger partial charge in [0.05, 0.1) is 5.71 Å². The number of rotatable bonds is 4. The van der Waals surface area contributed by atoms with Gasteiger partial charge in [0.25, 0.3) is 0 Å². The molecule has 1 amide bonds. The second-order valence-corrected chi connectivity index (χ2v) is 5.27. The second kappa shape index (κ2) is 6.52. The lowest BCUT2D eigenvalue weighted by Crippen LogP contribution is -2.40. The molecule has 1 saturated carbocycles. The molecule has 0 heterocycles. The van der Waals surface area contributed by atoms with Crippen LogP contribution >= 0.6 is 0 Å². The van der Waals surface area contributed by atoms with Crippen LogP contribution in [0.1, 0.15) is 44.1 Å². The molecule has 1 aromatic carbocycles. The van der Waals surface area contributed by atoms with Gasteiger partial charge in [0.15, 0.2) is 0 Å². The van der Waals surface area contributed by atoms with Gasteiger partial charge in [-0.25, -0.2) is 5.84 Å². The fraction of sp³-hybridized carbons (Fsp3) is 0.467. The Labute approximate surface area is 118 Å². The molecule has 0 unspecified atom stereocenters. The Kier molecular flexibility index (Phi) is 4.74. The van der Waals surface area contributed by atoms with E-state index in [1.807, 2.05) is 30.3 Å². The number of oxime groups is 1. The van der Waals surface area contributed by atoms with Gasteiger partial charge >= 0.3 is 0 Å². The highest BCUT2D eigenvalue weighted by Gasteiger charge is 2.40. The molecule has 1 atom stereocenters. The summed E-state index contributed by atoms with van der Waals surface area (Å²) < 4.78 is 0. The molecule has 0 saturated heterocycles. The van der Waals surface area contributed by atoms with E-state index in [4.69, 9.17) is 5.84 Å². The van der Waals surface area contributed by atoms with Crippen molar-refractivity contribution in [3.05, 3.63) is 35.9 Å². The summed E-state index contributed by atoms with van der Waals surface area (Å²) in [5, 5.41) is 12.9. The normalized spacial score (nSPS) is 24.6. The van der Waals surface area contributed by atoms with E-state index < -0.39 is 0 Å². The van der Waals surface area contributed by atoms with Crippen molar-refractivity contribution in [2.24, 2.45) is 11.0 Å². The molecule has 1 aliphatic rings. The zero-order valence-corrected chi connectivity index (χ0v) is 11.5. The van der Waals surface area contributed by atoms with Crippen molar-refractivity contribution in [1.29, 1.82) is 0 Å². The quantitative estimate of drug-likeness (QED) is 0.340. The number of hydrazine groups is 1. The van der Waals surface area contributed by atoms with Crippen molar-refractivity contribution in [2.45, 2.75) is 43.9 Å². The molecule has 4 N–H and O–H groups in total. The Bertz CT molecular complexity index is 487. The van der Waals surface area contributed by atoms with Crippen LogP contribution in [0.2, 0.25) is 0 Å². The van der Waals surface area contributed by atoms with Crippen molar-refractivity contribution in [3.8, 4) is 0 Å². The van der Waals surface area contributed by atoms with Crippen molar-refractivity contribution >= 4 is 11.6 Å². The Hall–Kier alpha value is -1.88. The van der Waals surface area contributed by atoms with Crippen LogP contribution < -0.4 is 11.3 Å². The van der Waals surface area contributed by atoms with Crippen LogP contribution in [0.25, 0.3) is 0 Å². The fourth-order valence-electron chi connectivity index (χ4n) is 3.13. The van der Waals surface area contributed by atoms with Crippen molar-refractivity contribution in [1.82, 2.24) is 5.43 Å². The largest absolute Gasteiger partial charge is 0.411 e. The van der Waals surface area contributed by atoms with E-state index >= 15 is 0 Å². The Morgan fingerprint density at radius 3 is 2.75 bits per heavy atom. The van der Waals surface area contributed by atoms with E-state index in [1.54, 1.807) is 0 Å². The first-order valence-electron chi connectivity index (χ1n) is 6.99. The standard InChI is InChI=1S/C15H21N3O2/c16-17-14(19)9-11-15(12-6-2-1-3-7-12)10-5-4-8-13(15)18-20/h1-3,6-7,20H,4-5,8-11,16H2,(H,17,19)/b18-13-/t15-/m1/s1. The van der Waals surface area contributed by atoms with Gasteiger partial charge in [0.1, 0.15) is 0 Å². The Morgan fingerprint density at radius 2 is 2.10 bits per heavy atom. The molecule has 20 heavy (non-hydrogen) atoms. The van der Waals surface area contributed by atoms with Gasteiger partial charge in [0.2, 0.25) is 5.91 Å². The topological polar surface area (TPSA) is 87.7 Å². The first kappa shape index (κ1) is 14.5. The molecule has 1 aromatic rings. The highest BCUT2D eigenvalue weighted by atomic mass is 16.4. The minimum atomic E-state index is -0.346. The number of nitrogens with one attached hydrogen (secondary N) is 1. The number of nitrogens with two attached hydrogens (primary N) is 1. The van der Waals surface area contributed by atoms with Gasteiger partial charge < -0.3 is 5.21 Å². The van der Waals surface area contributed by atoms with E-state index in [0.29, 0.717) is 12.8 Å². The highest BCUT2D eigenvalue weighted by molar-refractivity contribution is 5.95. The van der Waals surface area contributed by atoms with Gasteiger partial charge in [-0.05, 0) is 31.2 Å². The third-order valence-electron chi connectivity index (χ3n) is 4.21. The summed E-state index contributed by atoms with van der Waals surface area (Å²) in [5.41, 5.74) is 3.70. The molecular formula is C15H21N3O2. The van der Waals surface area contributed by atoms with Gasteiger partial charge in [-0.1, -0.05) is 41.9 Å². The van der Waals surface area contributed by atoms with Gasteiger partial charge in [-0.3, -0.25) is 10.2 Å². The van der Waals surface area contributed by atoms with Crippen LogP contribution in [0.4, 0.5) is 0 Å². The lowest BCUT2D eigenvalue weighted by Gasteiger charge is -2.38. The average Bonchev–Trinajstić information content (AvgIpc) is 2.53. The lowest BCUT2D eigenvalue weighted by atomic mass is 9.65. The smallest absolute Gasteiger partial charge is 0.233 e. The molecule has 0 spiro atoms. The molecule has 0 aliphatic heterocycles. The molecule has 5 heteroatoms.